The van der Waals surface area contributed by atoms with Crippen molar-refractivity contribution >= 4 is 23.4 Å². The van der Waals surface area contributed by atoms with Crippen LogP contribution in [0, 0.1) is 0 Å². The van der Waals surface area contributed by atoms with Gasteiger partial charge in [-0.05, 0) is 19.8 Å². The summed E-state index contributed by atoms with van der Waals surface area (Å²) >= 11 is 6.12. The molecule has 1 fully saturated rings. The van der Waals surface area contributed by atoms with Gasteiger partial charge in [0.2, 0.25) is 5.91 Å². The topological polar surface area (TPSA) is 90.4 Å². The molecule has 2 amide bonds. The van der Waals surface area contributed by atoms with Crippen molar-refractivity contribution in [1.29, 1.82) is 0 Å². The van der Waals surface area contributed by atoms with Crippen molar-refractivity contribution in [1.82, 2.24) is 14.7 Å². The monoisotopic (exact) mass is 328 g/mol. The van der Waals surface area contributed by atoms with Gasteiger partial charge >= 0.3 is 0 Å². The second-order valence-electron chi connectivity index (χ2n) is 5.52. The second-order valence-corrected chi connectivity index (χ2v) is 5.92. The molecule has 122 valence electrons. The van der Waals surface area contributed by atoms with E-state index in [9.17, 15) is 9.59 Å². The van der Waals surface area contributed by atoms with Crippen molar-refractivity contribution in [3.63, 3.8) is 0 Å². The number of primary amides is 1. The zero-order valence-corrected chi connectivity index (χ0v) is 13.6. The van der Waals surface area contributed by atoms with Gasteiger partial charge in [-0.25, -0.2) is 0 Å². The molecule has 1 atom stereocenters. The van der Waals surface area contributed by atoms with Crippen molar-refractivity contribution in [3.8, 4) is 0 Å². The number of carbonyl (C=O) groups excluding carboxylic acids is 2. The van der Waals surface area contributed by atoms with Gasteiger partial charge in [-0.3, -0.25) is 14.3 Å². The van der Waals surface area contributed by atoms with E-state index < -0.39 is 11.4 Å². The lowest BCUT2D eigenvalue weighted by Gasteiger charge is -2.37. The Labute approximate surface area is 134 Å². The first kappa shape index (κ1) is 16.8. The van der Waals surface area contributed by atoms with Crippen LogP contribution in [0.15, 0.2) is 6.20 Å². The standard InChI is InChI=1S/C14H21ClN4O3/c1-3-19-12(10(15)8-17-19)13(21)18-6-4-5-14(18,9-22-2)7-11(16)20/h8H,3-7,9H2,1-2H3,(H2,16,20). The first-order valence-electron chi connectivity index (χ1n) is 7.25. The Morgan fingerprint density at radius 3 is 2.86 bits per heavy atom. The lowest BCUT2D eigenvalue weighted by atomic mass is 9.92. The average molecular weight is 329 g/mol. The molecule has 7 nitrogen and oxygen atoms in total. The predicted molar refractivity (Wildman–Crippen MR) is 81.6 cm³/mol. The largest absolute Gasteiger partial charge is 0.382 e. The number of hydrogen-bond donors (Lipinski definition) is 1. The Morgan fingerprint density at radius 1 is 1.55 bits per heavy atom. The summed E-state index contributed by atoms with van der Waals surface area (Å²) in [6, 6.07) is 0. The number of halogens is 1. The van der Waals surface area contributed by atoms with Crippen molar-refractivity contribution in [2.24, 2.45) is 5.73 Å². The lowest BCUT2D eigenvalue weighted by Crippen LogP contribution is -2.53. The van der Waals surface area contributed by atoms with Gasteiger partial charge < -0.3 is 15.4 Å². The van der Waals surface area contributed by atoms with Crippen LogP contribution in [0.5, 0.6) is 0 Å². The molecular formula is C14H21ClN4O3. The molecule has 0 saturated carbocycles. The molecule has 1 aromatic rings. The van der Waals surface area contributed by atoms with Gasteiger partial charge in [0.1, 0.15) is 5.69 Å². The van der Waals surface area contributed by atoms with Gasteiger partial charge in [0.05, 0.1) is 29.8 Å². The molecule has 2 N–H and O–H groups in total. The van der Waals surface area contributed by atoms with Crippen LogP contribution in [-0.2, 0) is 16.1 Å². The van der Waals surface area contributed by atoms with Gasteiger partial charge in [-0.1, -0.05) is 11.6 Å². The Hall–Kier alpha value is -1.60. The van der Waals surface area contributed by atoms with E-state index in [0.717, 1.165) is 6.42 Å². The highest BCUT2D eigenvalue weighted by Crippen LogP contribution is 2.35. The Balaban J connectivity index is 2.37. The number of aryl methyl sites for hydroxylation is 1. The summed E-state index contributed by atoms with van der Waals surface area (Å²) in [6.45, 7) is 3.23. The minimum Gasteiger partial charge on any atom is -0.382 e. The highest BCUT2D eigenvalue weighted by molar-refractivity contribution is 6.33. The van der Waals surface area contributed by atoms with Crippen LogP contribution in [0.3, 0.4) is 0 Å². The zero-order chi connectivity index (χ0) is 16.3. The highest BCUT2D eigenvalue weighted by atomic mass is 35.5. The zero-order valence-electron chi connectivity index (χ0n) is 12.8. The molecule has 0 spiro atoms. The summed E-state index contributed by atoms with van der Waals surface area (Å²) in [4.78, 5) is 26.1. The molecule has 1 saturated heterocycles. The lowest BCUT2D eigenvalue weighted by molar-refractivity contribution is -0.121. The van der Waals surface area contributed by atoms with E-state index in [1.165, 1.54) is 6.20 Å². The summed E-state index contributed by atoms with van der Waals surface area (Å²) in [7, 11) is 1.55. The molecule has 1 unspecified atom stereocenters. The second kappa shape index (κ2) is 6.66. The fourth-order valence-corrected chi connectivity index (χ4v) is 3.40. The molecule has 8 heteroatoms. The van der Waals surface area contributed by atoms with Crippen molar-refractivity contribution in [2.75, 3.05) is 20.3 Å². The van der Waals surface area contributed by atoms with E-state index in [2.05, 4.69) is 5.10 Å². The molecule has 2 heterocycles. The number of nitrogens with two attached hydrogens (primary N) is 1. The van der Waals surface area contributed by atoms with Crippen LogP contribution in [0.25, 0.3) is 0 Å². The van der Waals surface area contributed by atoms with Crippen LogP contribution < -0.4 is 5.73 Å². The molecule has 0 aromatic carbocycles. The summed E-state index contributed by atoms with van der Waals surface area (Å²) in [5.41, 5.74) is 5.02. The van der Waals surface area contributed by atoms with Gasteiger partial charge in [0, 0.05) is 20.2 Å². The first-order valence-corrected chi connectivity index (χ1v) is 7.63. The number of likely N-dealkylation sites (tertiary alicyclic amines) is 1. The van der Waals surface area contributed by atoms with E-state index in [4.69, 9.17) is 22.1 Å². The smallest absolute Gasteiger partial charge is 0.274 e. The normalized spacial score (nSPS) is 21.3. The molecule has 1 aliphatic heterocycles. The van der Waals surface area contributed by atoms with Crippen LogP contribution in [0.2, 0.25) is 5.02 Å². The molecule has 22 heavy (non-hydrogen) atoms. The van der Waals surface area contributed by atoms with Gasteiger partial charge in [-0.2, -0.15) is 5.10 Å². The van der Waals surface area contributed by atoms with E-state index in [1.807, 2.05) is 6.92 Å². The summed E-state index contributed by atoms with van der Waals surface area (Å²) in [5.74, 6) is -0.688. The fraction of sp³-hybridized carbons (Fsp3) is 0.643. The van der Waals surface area contributed by atoms with Crippen LogP contribution in [0.1, 0.15) is 36.7 Å². The third-order valence-corrected chi connectivity index (χ3v) is 4.33. The van der Waals surface area contributed by atoms with Crippen molar-refractivity contribution in [3.05, 3.63) is 16.9 Å². The number of ether oxygens (including phenoxy) is 1. The van der Waals surface area contributed by atoms with Crippen molar-refractivity contribution in [2.45, 2.75) is 38.3 Å². The Bertz CT molecular complexity index is 574. The average Bonchev–Trinajstić information content (AvgIpc) is 3.01. The minimum atomic E-state index is -0.705. The highest BCUT2D eigenvalue weighted by Gasteiger charge is 2.46. The van der Waals surface area contributed by atoms with Crippen molar-refractivity contribution < 1.29 is 14.3 Å². The molecule has 0 radical (unpaired) electrons. The number of methoxy groups -OCH3 is 1. The van der Waals surface area contributed by atoms with Gasteiger partial charge in [-0.15, -0.1) is 0 Å². The maximum absolute atomic E-state index is 13.0. The number of nitrogens with zero attached hydrogens (tertiary/aromatic N) is 3. The molecule has 0 bridgehead atoms. The third-order valence-electron chi connectivity index (χ3n) is 4.05. The number of rotatable bonds is 6. The van der Waals surface area contributed by atoms with E-state index in [1.54, 1.807) is 16.7 Å². The molecule has 1 aliphatic rings. The Kier molecular flexibility index (Phi) is 5.08. The van der Waals surface area contributed by atoms with Gasteiger partial charge in [0.15, 0.2) is 0 Å². The van der Waals surface area contributed by atoms with Crippen LogP contribution in [-0.4, -0.2) is 52.3 Å². The van der Waals surface area contributed by atoms with E-state index in [-0.39, 0.29) is 18.9 Å². The molecule has 1 aromatic heterocycles. The van der Waals surface area contributed by atoms with E-state index >= 15 is 0 Å². The van der Waals surface area contributed by atoms with Gasteiger partial charge in [0.25, 0.3) is 5.91 Å². The quantitative estimate of drug-likeness (QED) is 0.845. The van der Waals surface area contributed by atoms with E-state index in [0.29, 0.717) is 30.2 Å². The molecule has 2 rings (SSSR count). The Morgan fingerprint density at radius 2 is 2.27 bits per heavy atom. The summed E-state index contributed by atoms with van der Waals surface area (Å²) in [5, 5.41) is 4.41. The summed E-state index contributed by atoms with van der Waals surface area (Å²) < 4.78 is 6.82. The maximum Gasteiger partial charge on any atom is 0.274 e. The minimum absolute atomic E-state index is 0.0739. The SMILES string of the molecule is CCn1ncc(Cl)c1C(=O)N1CCCC1(COC)CC(N)=O. The van der Waals surface area contributed by atoms with Crippen LogP contribution >= 0.6 is 11.6 Å². The number of carbonyl (C=O) groups is 2. The predicted octanol–water partition coefficient (Wildman–Crippen LogP) is 1.05. The molecular weight excluding hydrogens is 308 g/mol. The maximum atomic E-state index is 13.0. The first-order chi connectivity index (χ1) is 10.4. The summed E-state index contributed by atoms with van der Waals surface area (Å²) in [6.07, 6.45) is 3.00. The van der Waals surface area contributed by atoms with Crippen LogP contribution in [0.4, 0.5) is 0 Å². The number of hydrogen-bond acceptors (Lipinski definition) is 4. The third kappa shape index (κ3) is 2.96. The fourth-order valence-electron chi connectivity index (χ4n) is 3.18. The number of amides is 2. The molecule has 0 aliphatic carbocycles. The number of aromatic nitrogens is 2.